The highest BCUT2D eigenvalue weighted by Gasteiger charge is 2.11. The summed E-state index contributed by atoms with van der Waals surface area (Å²) >= 11 is 0. The van der Waals surface area contributed by atoms with Gasteiger partial charge < -0.3 is 15.8 Å². The Hall–Kier alpha value is -2.63. The Balaban J connectivity index is 2.20. The summed E-state index contributed by atoms with van der Waals surface area (Å²) < 4.78 is 0. The van der Waals surface area contributed by atoms with Crippen LogP contribution in [0, 0.1) is 6.92 Å². The number of aryl methyl sites for hydroxylation is 1. The predicted molar refractivity (Wildman–Crippen MR) is 82.3 cm³/mol. The maximum absolute atomic E-state index is 8.69. The van der Waals surface area contributed by atoms with E-state index in [1.165, 1.54) is 0 Å². The Morgan fingerprint density at radius 1 is 1.29 bits per heavy atom. The van der Waals surface area contributed by atoms with Gasteiger partial charge in [0.25, 0.3) is 0 Å². The molecule has 0 saturated carbocycles. The Morgan fingerprint density at radius 2 is 2.10 bits per heavy atom. The first-order valence-corrected chi connectivity index (χ1v) is 6.71. The summed E-state index contributed by atoms with van der Waals surface area (Å²) in [4.78, 5) is 10.4. The van der Waals surface area contributed by atoms with Gasteiger partial charge >= 0.3 is 0 Å². The summed E-state index contributed by atoms with van der Waals surface area (Å²) in [6, 6.07) is 5.91. The van der Waals surface area contributed by atoms with Crippen molar-refractivity contribution in [2.24, 2.45) is 10.9 Å². The summed E-state index contributed by atoms with van der Waals surface area (Å²) in [7, 11) is 0. The van der Waals surface area contributed by atoms with Crippen molar-refractivity contribution in [3.63, 3.8) is 0 Å². The van der Waals surface area contributed by atoms with Gasteiger partial charge in [0.15, 0.2) is 0 Å². The van der Waals surface area contributed by atoms with E-state index in [-0.39, 0.29) is 5.84 Å². The van der Waals surface area contributed by atoms with Crippen LogP contribution >= 0.6 is 0 Å². The van der Waals surface area contributed by atoms with Gasteiger partial charge in [-0.2, -0.15) is 0 Å². The minimum atomic E-state index is 0.220. The van der Waals surface area contributed by atoms with Gasteiger partial charge in [-0.05, 0) is 30.2 Å². The number of pyridine rings is 2. The molecular weight excluding hydrogens is 266 g/mol. The summed E-state index contributed by atoms with van der Waals surface area (Å²) in [6.07, 6.45) is 7.67. The van der Waals surface area contributed by atoms with Crippen LogP contribution in [0.15, 0.2) is 48.1 Å². The fourth-order valence-corrected chi connectivity index (χ4v) is 2.12. The van der Waals surface area contributed by atoms with Crippen LogP contribution in [-0.2, 0) is 6.54 Å². The summed E-state index contributed by atoms with van der Waals surface area (Å²) in [5.41, 5.74) is 8.85. The highest BCUT2D eigenvalue weighted by atomic mass is 16.4. The molecule has 6 nitrogen and oxygen atoms in total. The van der Waals surface area contributed by atoms with E-state index in [0.717, 1.165) is 16.8 Å². The number of hydrogen-bond donors (Lipinski definition) is 2. The molecule has 0 spiro atoms. The molecule has 110 valence electrons. The van der Waals surface area contributed by atoms with Crippen molar-refractivity contribution in [1.82, 2.24) is 9.97 Å². The molecule has 2 aromatic heterocycles. The third-order valence-corrected chi connectivity index (χ3v) is 3.19. The summed E-state index contributed by atoms with van der Waals surface area (Å²) in [5, 5.41) is 11.7. The van der Waals surface area contributed by atoms with Gasteiger partial charge in [0.1, 0.15) is 5.84 Å². The second-order valence-electron chi connectivity index (χ2n) is 4.79. The maximum atomic E-state index is 8.69. The average Bonchev–Trinajstić information content (AvgIpc) is 2.52. The van der Waals surface area contributed by atoms with Gasteiger partial charge in [0.05, 0.1) is 0 Å². The monoisotopic (exact) mass is 285 g/mol. The number of rotatable bonds is 6. The zero-order valence-electron chi connectivity index (χ0n) is 12.0. The summed E-state index contributed by atoms with van der Waals surface area (Å²) in [5.74, 6) is 0.220. The Labute approximate surface area is 123 Å². The lowest BCUT2D eigenvalue weighted by Gasteiger charge is -2.26. The largest absolute Gasteiger partial charge is 0.409 e. The van der Waals surface area contributed by atoms with E-state index in [2.05, 4.69) is 20.0 Å². The normalized spacial score (nSPS) is 11.4. The molecule has 0 aliphatic heterocycles. The van der Waals surface area contributed by atoms with Crippen molar-refractivity contribution in [2.45, 2.75) is 19.9 Å². The van der Waals surface area contributed by atoms with E-state index in [9.17, 15) is 0 Å². The lowest BCUT2D eigenvalue weighted by Crippen LogP contribution is -2.28. The first-order valence-electron chi connectivity index (χ1n) is 6.71. The molecule has 0 atom stereocenters. The van der Waals surface area contributed by atoms with Crippen LogP contribution in [0.1, 0.15) is 17.5 Å². The van der Waals surface area contributed by atoms with Crippen LogP contribution in [0.25, 0.3) is 0 Å². The number of nitrogens with zero attached hydrogens (tertiary/aromatic N) is 4. The Bertz CT molecular complexity index is 600. The molecule has 2 aromatic rings. The molecule has 0 unspecified atom stereocenters. The zero-order chi connectivity index (χ0) is 15.1. The van der Waals surface area contributed by atoms with Crippen molar-refractivity contribution in [3.05, 3.63) is 54.1 Å². The predicted octanol–water partition coefficient (Wildman–Crippen LogP) is 1.93. The number of aromatic nitrogens is 2. The van der Waals surface area contributed by atoms with Crippen molar-refractivity contribution in [3.8, 4) is 0 Å². The molecule has 3 N–H and O–H groups in total. The van der Waals surface area contributed by atoms with E-state index in [1.807, 2.05) is 37.5 Å². The van der Waals surface area contributed by atoms with Crippen molar-refractivity contribution in [1.29, 1.82) is 0 Å². The molecule has 0 fully saturated rings. The van der Waals surface area contributed by atoms with Crippen LogP contribution in [0.3, 0.4) is 0 Å². The molecule has 2 heterocycles. The van der Waals surface area contributed by atoms with Crippen LogP contribution in [0.5, 0.6) is 0 Å². The molecule has 0 amide bonds. The smallest absolute Gasteiger partial charge is 0.140 e. The fourth-order valence-electron chi connectivity index (χ4n) is 2.12. The van der Waals surface area contributed by atoms with Gasteiger partial charge in [0, 0.05) is 50.0 Å². The van der Waals surface area contributed by atoms with E-state index >= 15 is 0 Å². The molecule has 0 saturated heterocycles. The molecule has 2 rings (SSSR count). The van der Waals surface area contributed by atoms with Crippen molar-refractivity contribution in [2.75, 3.05) is 11.4 Å². The van der Waals surface area contributed by atoms with Crippen LogP contribution in [0.4, 0.5) is 5.69 Å². The first kappa shape index (κ1) is 14.8. The standard InChI is InChI=1S/C15H19N5O/c1-12-9-18-7-4-14(12)20(8-5-15(16)19-21)11-13-3-2-6-17-10-13/h2-4,6-7,9-10,21H,5,8,11H2,1H3,(H2,16,19). The van der Waals surface area contributed by atoms with Gasteiger partial charge in [-0.15, -0.1) is 0 Å². The van der Waals surface area contributed by atoms with Gasteiger partial charge in [-0.3, -0.25) is 9.97 Å². The first-order chi connectivity index (χ1) is 10.2. The molecule has 0 aliphatic rings. The second-order valence-corrected chi connectivity index (χ2v) is 4.79. The molecule has 0 aliphatic carbocycles. The van der Waals surface area contributed by atoms with Crippen LogP contribution in [0.2, 0.25) is 0 Å². The van der Waals surface area contributed by atoms with E-state index in [1.54, 1.807) is 12.4 Å². The Kier molecular flexibility index (Phi) is 5.09. The quantitative estimate of drug-likeness (QED) is 0.366. The second kappa shape index (κ2) is 7.23. The van der Waals surface area contributed by atoms with Crippen LogP contribution < -0.4 is 10.6 Å². The number of anilines is 1. The molecule has 6 heteroatoms. The number of nitrogens with two attached hydrogens (primary N) is 1. The number of amidine groups is 1. The third-order valence-electron chi connectivity index (χ3n) is 3.19. The van der Waals surface area contributed by atoms with E-state index in [0.29, 0.717) is 19.5 Å². The van der Waals surface area contributed by atoms with E-state index < -0.39 is 0 Å². The summed E-state index contributed by atoms with van der Waals surface area (Å²) in [6.45, 7) is 3.37. The SMILES string of the molecule is Cc1cnccc1N(CCC(N)=NO)Cc1cccnc1. The van der Waals surface area contributed by atoms with Crippen LogP contribution in [-0.4, -0.2) is 27.6 Å². The van der Waals surface area contributed by atoms with E-state index in [4.69, 9.17) is 10.9 Å². The zero-order valence-corrected chi connectivity index (χ0v) is 12.0. The van der Waals surface area contributed by atoms with Crippen molar-refractivity contribution >= 4 is 11.5 Å². The lowest BCUT2D eigenvalue weighted by atomic mass is 10.2. The highest BCUT2D eigenvalue weighted by molar-refractivity contribution is 5.80. The lowest BCUT2D eigenvalue weighted by molar-refractivity contribution is 0.317. The Morgan fingerprint density at radius 3 is 2.76 bits per heavy atom. The number of oxime groups is 1. The van der Waals surface area contributed by atoms with Gasteiger partial charge in [0.2, 0.25) is 0 Å². The molecule has 0 radical (unpaired) electrons. The maximum Gasteiger partial charge on any atom is 0.140 e. The minimum Gasteiger partial charge on any atom is -0.409 e. The minimum absolute atomic E-state index is 0.220. The highest BCUT2D eigenvalue weighted by Crippen LogP contribution is 2.20. The fraction of sp³-hybridized carbons (Fsp3) is 0.267. The average molecular weight is 285 g/mol. The number of hydrogen-bond acceptors (Lipinski definition) is 5. The van der Waals surface area contributed by atoms with Crippen molar-refractivity contribution < 1.29 is 5.21 Å². The van der Waals surface area contributed by atoms with Gasteiger partial charge in [-0.1, -0.05) is 11.2 Å². The topological polar surface area (TPSA) is 87.6 Å². The molecular formula is C15H19N5O. The molecule has 0 aromatic carbocycles. The van der Waals surface area contributed by atoms with Gasteiger partial charge in [-0.25, -0.2) is 0 Å². The molecule has 0 bridgehead atoms. The third kappa shape index (κ3) is 4.17. The molecule has 21 heavy (non-hydrogen) atoms.